The van der Waals surface area contributed by atoms with Crippen LogP contribution in [0.1, 0.15) is 5.76 Å². The van der Waals surface area contributed by atoms with Crippen molar-refractivity contribution < 1.29 is 13.9 Å². The summed E-state index contributed by atoms with van der Waals surface area (Å²) >= 11 is 1.50. The number of nitrogens with one attached hydrogen (secondary N) is 1. The highest BCUT2D eigenvalue weighted by Gasteiger charge is 2.11. The van der Waals surface area contributed by atoms with Crippen LogP contribution in [0.2, 0.25) is 0 Å². The second kappa shape index (κ2) is 6.11. The molecule has 3 aromatic rings. The molecule has 0 aliphatic heterocycles. The number of anilines is 2. The van der Waals surface area contributed by atoms with Crippen molar-refractivity contribution in [3.63, 3.8) is 0 Å². The first-order chi connectivity index (χ1) is 10.7. The van der Waals surface area contributed by atoms with Gasteiger partial charge in [-0.3, -0.25) is 0 Å². The average molecular weight is 316 g/mol. The standard InChI is InChI=1S/C16H16N2O3S/c1-10-4-6-15(21-10)13-9-22-16(18-13)17-12-8-11(19-2)5-7-14(12)20-3/h4-9H,1-3H3,(H,17,18). The molecular formula is C16H16N2O3S. The summed E-state index contributed by atoms with van der Waals surface area (Å²) < 4.78 is 16.2. The molecule has 6 heteroatoms. The van der Waals surface area contributed by atoms with Gasteiger partial charge in [0, 0.05) is 11.4 Å². The lowest BCUT2D eigenvalue weighted by molar-refractivity contribution is 0.405. The summed E-state index contributed by atoms with van der Waals surface area (Å²) in [7, 11) is 3.26. The number of furan rings is 1. The average Bonchev–Trinajstić information content (AvgIpc) is 3.16. The summed E-state index contributed by atoms with van der Waals surface area (Å²) in [5.74, 6) is 3.11. The zero-order valence-electron chi connectivity index (χ0n) is 12.5. The van der Waals surface area contributed by atoms with Crippen LogP contribution in [-0.2, 0) is 0 Å². The van der Waals surface area contributed by atoms with Gasteiger partial charge in [-0.15, -0.1) is 11.3 Å². The molecule has 114 valence electrons. The number of aryl methyl sites for hydroxylation is 1. The first-order valence-corrected chi connectivity index (χ1v) is 7.59. The topological polar surface area (TPSA) is 56.5 Å². The predicted octanol–water partition coefficient (Wildman–Crippen LogP) is 4.47. The van der Waals surface area contributed by atoms with E-state index in [2.05, 4.69) is 10.3 Å². The van der Waals surface area contributed by atoms with E-state index in [0.717, 1.165) is 39.5 Å². The Bertz CT molecular complexity index is 779. The van der Waals surface area contributed by atoms with E-state index in [1.807, 2.05) is 42.6 Å². The van der Waals surface area contributed by atoms with Gasteiger partial charge in [0.25, 0.3) is 0 Å². The molecule has 0 aliphatic carbocycles. The second-order valence-electron chi connectivity index (χ2n) is 4.64. The van der Waals surface area contributed by atoms with E-state index in [1.165, 1.54) is 11.3 Å². The fraction of sp³-hybridized carbons (Fsp3) is 0.188. The Morgan fingerprint density at radius 1 is 1.14 bits per heavy atom. The van der Waals surface area contributed by atoms with Crippen molar-refractivity contribution in [2.24, 2.45) is 0 Å². The van der Waals surface area contributed by atoms with Crippen LogP contribution in [0.3, 0.4) is 0 Å². The zero-order chi connectivity index (χ0) is 15.5. The molecular weight excluding hydrogens is 300 g/mol. The highest BCUT2D eigenvalue weighted by atomic mass is 32.1. The van der Waals surface area contributed by atoms with Crippen molar-refractivity contribution in [3.8, 4) is 23.0 Å². The number of methoxy groups -OCH3 is 2. The van der Waals surface area contributed by atoms with Crippen molar-refractivity contribution in [1.29, 1.82) is 0 Å². The second-order valence-corrected chi connectivity index (χ2v) is 5.50. The Hall–Kier alpha value is -2.47. The molecule has 0 saturated heterocycles. The molecule has 0 radical (unpaired) electrons. The molecule has 3 rings (SSSR count). The monoisotopic (exact) mass is 316 g/mol. The van der Waals surface area contributed by atoms with Gasteiger partial charge in [-0.05, 0) is 31.2 Å². The molecule has 0 aliphatic rings. The highest BCUT2D eigenvalue weighted by Crippen LogP contribution is 2.34. The normalized spacial score (nSPS) is 10.5. The van der Waals surface area contributed by atoms with Crippen LogP contribution >= 0.6 is 11.3 Å². The minimum atomic E-state index is 0.728. The molecule has 0 amide bonds. The number of rotatable bonds is 5. The van der Waals surface area contributed by atoms with E-state index < -0.39 is 0 Å². The first-order valence-electron chi connectivity index (χ1n) is 6.71. The summed E-state index contributed by atoms with van der Waals surface area (Å²) in [6, 6.07) is 9.42. The number of nitrogens with zero attached hydrogens (tertiary/aromatic N) is 1. The minimum absolute atomic E-state index is 0.728. The molecule has 0 unspecified atom stereocenters. The Morgan fingerprint density at radius 2 is 2.00 bits per heavy atom. The summed E-state index contributed by atoms with van der Waals surface area (Å²) in [5.41, 5.74) is 1.61. The number of benzene rings is 1. The van der Waals surface area contributed by atoms with E-state index >= 15 is 0 Å². The Labute approximate surface area is 132 Å². The predicted molar refractivity (Wildman–Crippen MR) is 87.4 cm³/mol. The number of hydrogen-bond donors (Lipinski definition) is 1. The fourth-order valence-corrected chi connectivity index (χ4v) is 2.76. The number of ether oxygens (including phenoxy) is 2. The lowest BCUT2D eigenvalue weighted by Crippen LogP contribution is -1.95. The van der Waals surface area contributed by atoms with Crippen molar-refractivity contribution in [1.82, 2.24) is 4.98 Å². The zero-order valence-corrected chi connectivity index (χ0v) is 13.4. The third-order valence-corrected chi connectivity index (χ3v) is 3.90. The van der Waals surface area contributed by atoms with Gasteiger partial charge in [0.1, 0.15) is 23.0 Å². The number of thiazole rings is 1. The molecule has 5 nitrogen and oxygen atoms in total. The lowest BCUT2D eigenvalue weighted by Gasteiger charge is -2.10. The van der Waals surface area contributed by atoms with Gasteiger partial charge in [-0.25, -0.2) is 4.98 Å². The largest absolute Gasteiger partial charge is 0.497 e. The SMILES string of the molecule is COc1ccc(OC)c(Nc2nc(-c3ccc(C)o3)cs2)c1. The van der Waals surface area contributed by atoms with Gasteiger partial charge in [0.15, 0.2) is 10.9 Å². The molecule has 2 heterocycles. The first kappa shape index (κ1) is 14.5. The van der Waals surface area contributed by atoms with Crippen LogP contribution in [0.5, 0.6) is 11.5 Å². The quantitative estimate of drug-likeness (QED) is 0.752. The number of aromatic nitrogens is 1. The minimum Gasteiger partial charge on any atom is -0.497 e. The van der Waals surface area contributed by atoms with Crippen molar-refractivity contribution >= 4 is 22.2 Å². The van der Waals surface area contributed by atoms with Crippen LogP contribution in [0.4, 0.5) is 10.8 Å². The molecule has 0 atom stereocenters. The summed E-state index contributed by atoms with van der Waals surface area (Å²) in [5, 5.41) is 5.97. The molecule has 0 bridgehead atoms. The third-order valence-electron chi connectivity index (χ3n) is 3.15. The van der Waals surface area contributed by atoms with Gasteiger partial charge in [0.2, 0.25) is 0 Å². The van der Waals surface area contributed by atoms with E-state index in [9.17, 15) is 0 Å². The van der Waals surface area contributed by atoms with Crippen LogP contribution in [0.25, 0.3) is 11.5 Å². The molecule has 0 spiro atoms. The van der Waals surface area contributed by atoms with Gasteiger partial charge >= 0.3 is 0 Å². The maximum absolute atomic E-state index is 5.59. The van der Waals surface area contributed by atoms with Crippen LogP contribution in [0, 0.1) is 6.92 Å². The van der Waals surface area contributed by atoms with Crippen molar-refractivity contribution in [3.05, 3.63) is 41.5 Å². The molecule has 22 heavy (non-hydrogen) atoms. The molecule has 2 aromatic heterocycles. The van der Waals surface area contributed by atoms with Gasteiger partial charge < -0.3 is 19.2 Å². The van der Waals surface area contributed by atoms with Crippen LogP contribution in [0.15, 0.2) is 40.1 Å². The fourth-order valence-electron chi connectivity index (χ4n) is 2.04. The Balaban J connectivity index is 1.86. The van der Waals surface area contributed by atoms with Crippen molar-refractivity contribution in [2.75, 3.05) is 19.5 Å². The van der Waals surface area contributed by atoms with E-state index in [4.69, 9.17) is 13.9 Å². The van der Waals surface area contributed by atoms with Gasteiger partial charge in [-0.1, -0.05) is 0 Å². The van der Waals surface area contributed by atoms with E-state index in [0.29, 0.717) is 0 Å². The van der Waals surface area contributed by atoms with Crippen molar-refractivity contribution in [2.45, 2.75) is 6.92 Å². The van der Waals surface area contributed by atoms with E-state index in [-0.39, 0.29) is 0 Å². The Kier molecular flexibility index (Phi) is 4.02. The molecule has 1 aromatic carbocycles. The maximum atomic E-state index is 5.59. The van der Waals surface area contributed by atoms with Gasteiger partial charge in [-0.2, -0.15) is 0 Å². The van der Waals surface area contributed by atoms with Crippen LogP contribution in [-0.4, -0.2) is 19.2 Å². The summed E-state index contributed by atoms with van der Waals surface area (Å²) in [6.45, 7) is 1.91. The summed E-state index contributed by atoms with van der Waals surface area (Å²) in [4.78, 5) is 4.54. The molecule has 0 saturated carbocycles. The lowest BCUT2D eigenvalue weighted by atomic mass is 10.2. The summed E-state index contributed by atoms with van der Waals surface area (Å²) in [6.07, 6.45) is 0. The molecule has 0 fully saturated rings. The molecule has 1 N–H and O–H groups in total. The number of hydrogen-bond acceptors (Lipinski definition) is 6. The maximum Gasteiger partial charge on any atom is 0.187 e. The highest BCUT2D eigenvalue weighted by molar-refractivity contribution is 7.14. The van der Waals surface area contributed by atoms with Crippen LogP contribution < -0.4 is 14.8 Å². The third kappa shape index (κ3) is 2.92. The van der Waals surface area contributed by atoms with Gasteiger partial charge in [0.05, 0.1) is 19.9 Å². The van der Waals surface area contributed by atoms with E-state index in [1.54, 1.807) is 14.2 Å². The smallest absolute Gasteiger partial charge is 0.187 e. The Morgan fingerprint density at radius 3 is 2.68 bits per heavy atom.